The number of hydrogen-bond donors (Lipinski definition) is 0. The predicted octanol–water partition coefficient (Wildman–Crippen LogP) is 3.02. The normalized spacial score (nSPS) is 18.9. The highest BCUT2D eigenvalue weighted by Crippen LogP contribution is 2.27. The van der Waals surface area contributed by atoms with Gasteiger partial charge in [-0.2, -0.15) is 4.31 Å². The van der Waals surface area contributed by atoms with Crippen LogP contribution in [0.5, 0.6) is 5.75 Å². The van der Waals surface area contributed by atoms with Crippen LogP contribution in [0.25, 0.3) is 0 Å². The van der Waals surface area contributed by atoms with Crippen molar-refractivity contribution >= 4 is 10.0 Å². The minimum atomic E-state index is -3.54. The molecule has 0 aromatic heterocycles. The van der Waals surface area contributed by atoms with Crippen molar-refractivity contribution in [3.63, 3.8) is 0 Å². The Morgan fingerprint density at radius 1 is 1.12 bits per heavy atom. The smallest absolute Gasteiger partial charge is 0.243 e. The van der Waals surface area contributed by atoms with Gasteiger partial charge in [0.15, 0.2) is 0 Å². The molecule has 0 aliphatic carbocycles. The average molecular weight is 361 g/mol. The Bertz CT molecular complexity index is 800. The molecule has 134 valence electrons. The molecule has 0 spiro atoms. The molecule has 25 heavy (non-hydrogen) atoms. The molecule has 1 fully saturated rings. The molecular weight excluding hydrogens is 338 g/mol. The fourth-order valence-electron chi connectivity index (χ4n) is 2.91. The van der Waals surface area contributed by atoms with Gasteiger partial charge in [0.05, 0.1) is 24.7 Å². The number of methoxy groups -OCH3 is 1. The number of aryl methyl sites for hydroxylation is 1. The van der Waals surface area contributed by atoms with Gasteiger partial charge in [-0.1, -0.05) is 31.2 Å². The van der Waals surface area contributed by atoms with Gasteiger partial charge >= 0.3 is 0 Å². The summed E-state index contributed by atoms with van der Waals surface area (Å²) in [4.78, 5) is 0.273. The van der Waals surface area contributed by atoms with Crippen molar-refractivity contribution in [2.24, 2.45) is 0 Å². The van der Waals surface area contributed by atoms with Crippen LogP contribution in [0.2, 0.25) is 0 Å². The summed E-state index contributed by atoms with van der Waals surface area (Å²) in [6.45, 7) is 3.17. The molecule has 3 rings (SSSR count). The van der Waals surface area contributed by atoms with Gasteiger partial charge in [-0.05, 0) is 41.8 Å². The van der Waals surface area contributed by atoms with Gasteiger partial charge in [-0.3, -0.25) is 0 Å². The van der Waals surface area contributed by atoms with Crippen LogP contribution in [-0.4, -0.2) is 39.5 Å². The number of ether oxygens (including phenoxy) is 2. The Hall–Kier alpha value is -1.89. The molecule has 0 radical (unpaired) electrons. The maximum absolute atomic E-state index is 12.9. The summed E-state index contributed by atoms with van der Waals surface area (Å²) in [6, 6.07) is 14.6. The molecule has 5 nitrogen and oxygen atoms in total. The van der Waals surface area contributed by atoms with E-state index in [4.69, 9.17) is 9.47 Å². The van der Waals surface area contributed by atoms with Crippen LogP contribution in [0.3, 0.4) is 0 Å². The van der Waals surface area contributed by atoms with Crippen molar-refractivity contribution in [3.05, 3.63) is 59.7 Å². The van der Waals surface area contributed by atoms with E-state index in [1.165, 1.54) is 9.87 Å². The maximum atomic E-state index is 12.9. The first-order valence-corrected chi connectivity index (χ1v) is 9.83. The van der Waals surface area contributed by atoms with E-state index in [9.17, 15) is 8.42 Å². The lowest BCUT2D eigenvalue weighted by Crippen LogP contribution is -2.42. The van der Waals surface area contributed by atoms with E-state index >= 15 is 0 Å². The lowest BCUT2D eigenvalue weighted by atomic mass is 10.1. The fourth-order valence-corrected chi connectivity index (χ4v) is 4.34. The van der Waals surface area contributed by atoms with Crippen molar-refractivity contribution in [1.82, 2.24) is 4.31 Å². The molecule has 1 atom stereocenters. The highest BCUT2D eigenvalue weighted by atomic mass is 32.2. The van der Waals surface area contributed by atoms with E-state index in [2.05, 4.69) is 19.1 Å². The first kappa shape index (κ1) is 17.9. The highest BCUT2D eigenvalue weighted by molar-refractivity contribution is 7.89. The zero-order valence-corrected chi connectivity index (χ0v) is 15.3. The minimum Gasteiger partial charge on any atom is -0.497 e. The van der Waals surface area contributed by atoms with Crippen molar-refractivity contribution in [3.8, 4) is 5.75 Å². The van der Waals surface area contributed by atoms with Crippen molar-refractivity contribution in [2.45, 2.75) is 24.3 Å². The molecule has 2 aromatic carbocycles. The van der Waals surface area contributed by atoms with Crippen molar-refractivity contribution in [1.29, 1.82) is 0 Å². The van der Waals surface area contributed by atoms with E-state index in [0.717, 1.165) is 12.0 Å². The molecule has 1 aliphatic rings. The first-order chi connectivity index (χ1) is 12.0. The van der Waals surface area contributed by atoms with Gasteiger partial charge in [0.1, 0.15) is 5.75 Å². The highest BCUT2D eigenvalue weighted by Gasteiger charge is 2.31. The molecule has 0 saturated carbocycles. The predicted molar refractivity (Wildman–Crippen MR) is 96.3 cm³/mol. The fraction of sp³-hybridized carbons (Fsp3) is 0.368. The number of sulfonamides is 1. The number of morpholine rings is 1. The summed E-state index contributed by atoms with van der Waals surface area (Å²) in [5.74, 6) is 0.634. The number of hydrogen-bond acceptors (Lipinski definition) is 4. The zero-order valence-electron chi connectivity index (χ0n) is 14.5. The summed E-state index contributed by atoms with van der Waals surface area (Å²) in [6.07, 6.45) is 0.733. The van der Waals surface area contributed by atoms with E-state index < -0.39 is 10.0 Å². The Labute approximate surface area is 149 Å². The quantitative estimate of drug-likeness (QED) is 0.821. The third kappa shape index (κ3) is 3.86. The number of rotatable bonds is 5. The molecule has 1 heterocycles. The maximum Gasteiger partial charge on any atom is 0.243 e. The van der Waals surface area contributed by atoms with E-state index in [-0.39, 0.29) is 11.0 Å². The molecule has 0 bridgehead atoms. The van der Waals surface area contributed by atoms with Gasteiger partial charge in [0.25, 0.3) is 0 Å². The monoisotopic (exact) mass is 361 g/mol. The van der Waals surface area contributed by atoms with Crippen LogP contribution in [-0.2, 0) is 21.2 Å². The molecule has 2 aromatic rings. The largest absolute Gasteiger partial charge is 0.497 e. The van der Waals surface area contributed by atoms with Crippen LogP contribution in [0.4, 0.5) is 0 Å². The third-order valence-corrected chi connectivity index (χ3v) is 6.37. The molecule has 6 heteroatoms. The van der Waals surface area contributed by atoms with Crippen LogP contribution >= 0.6 is 0 Å². The Morgan fingerprint density at radius 2 is 1.80 bits per heavy atom. The second-order valence-corrected chi connectivity index (χ2v) is 7.93. The molecule has 1 saturated heterocycles. The number of nitrogens with zero attached hydrogens (tertiary/aromatic N) is 1. The SMILES string of the molecule is CCc1ccc(C2CN(S(=O)(=O)c3ccc(OC)cc3)CCO2)cc1. The molecule has 1 aliphatic heterocycles. The summed E-state index contributed by atoms with van der Waals surface area (Å²) < 4.78 is 38.2. The average Bonchev–Trinajstić information content (AvgIpc) is 2.68. The van der Waals surface area contributed by atoms with Gasteiger partial charge in [0, 0.05) is 13.1 Å². The van der Waals surface area contributed by atoms with E-state index in [1.807, 2.05) is 12.1 Å². The summed E-state index contributed by atoms with van der Waals surface area (Å²) in [5.41, 5.74) is 2.26. The van der Waals surface area contributed by atoms with Crippen LogP contribution < -0.4 is 4.74 Å². The second-order valence-electron chi connectivity index (χ2n) is 5.99. The lowest BCUT2D eigenvalue weighted by Gasteiger charge is -2.32. The molecule has 0 amide bonds. The van der Waals surface area contributed by atoms with Gasteiger partial charge in [-0.15, -0.1) is 0 Å². The summed E-state index contributed by atoms with van der Waals surface area (Å²) in [7, 11) is -1.99. The van der Waals surface area contributed by atoms with Crippen molar-refractivity contribution in [2.75, 3.05) is 26.8 Å². The van der Waals surface area contributed by atoms with Gasteiger partial charge in [-0.25, -0.2) is 8.42 Å². The third-order valence-electron chi connectivity index (χ3n) is 4.49. The van der Waals surface area contributed by atoms with Crippen molar-refractivity contribution < 1.29 is 17.9 Å². The van der Waals surface area contributed by atoms with Gasteiger partial charge in [0.2, 0.25) is 10.0 Å². The molecule has 1 unspecified atom stereocenters. The minimum absolute atomic E-state index is 0.243. The molecule has 0 N–H and O–H groups in total. The number of benzene rings is 2. The van der Waals surface area contributed by atoms with Gasteiger partial charge < -0.3 is 9.47 Å². The Balaban J connectivity index is 1.79. The van der Waals surface area contributed by atoms with E-state index in [0.29, 0.717) is 25.4 Å². The summed E-state index contributed by atoms with van der Waals surface area (Å²) in [5, 5.41) is 0. The standard InChI is InChI=1S/C19H23NO4S/c1-3-15-4-6-16(7-5-15)19-14-20(12-13-24-19)25(21,22)18-10-8-17(23-2)9-11-18/h4-11,19H,3,12-14H2,1-2H3. The molecular formula is C19H23NO4S. The Kier molecular flexibility index (Phi) is 5.42. The van der Waals surface area contributed by atoms with E-state index in [1.54, 1.807) is 31.4 Å². The Morgan fingerprint density at radius 3 is 2.40 bits per heavy atom. The first-order valence-electron chi connectivity index (χ1n) is 8.39. The van der Waals surface area contributed by atoms with Crippen LogP contribution in [0, 0.1) is 0 Å². The lowest BCUT2D eigenvalue weighted by molar-refractivity contribution is -0.00256. The second kappa shape index (κ2) is 7.56. The van der Waals surface area contributed by atoms with Crippen LogP contribution in [0.1, 0.15) is 24.2 Å². The summed E-state index contributed by atoms with van der Waals surface area (Å²) >= 11 is 0. The van der Waals surface area contributed by atoms with Crippen LogP contribution in [0.15, 0.2) is 53.4 Å². The topological polar surface area (TPSA) is 55.8 Å². The zero-order chi connectivity index (χ0) is 17.9.